The van der Waals surface area contributed by atoms with E-state index in [1.165, 1.54) is 0 Å². The highest BCUT2D eigenvalue weighted by molar-refractivity contribution is 5.92. The maximum absolute atomic E-state index is 12.7. The normalized spacial score (nSPS) is 18.4. The molecule has 2 heterocycles. The van der Waals surface area contributed by atoms with E-state index in [-0.39, 0.29) is 11.9 Å². The number of benzene rings is 1. The predicted octanol–water partition coefficient (Wildman–Crippen LogP) is 1.70. The Morgan fingerprint density at radius 1 is 1.35 bits per heavy atom. The van der Waals surface area contributed by atoms with Crippen LogP contribution in [0.15, 0.2) is 36.5 Å². The van der Waals surface area contributed by atoms with Crippen molar-refractivity contribution in [3.63, 3.8) is 0 Å². The Hall–Kier alpha value is -2.21. The van der Waals surface area contributed by atoms with Gasteiger partial charge in [-0.25, -0.2) is 4.68 Å². The fourth-order valence-electron chi connectivity index (χ4n) is 3.14. The van der Waals surface area contributed by atoms with Gasteiger partial charge >= 0.3 is 0 Å². The second kappa shape index (κ2) is 6.12. The Bertz CT molecular complexity index is 675. The molecule has 1 N–H and O–H groups in total. The first-order valence-electron chi connectivity index (χ1n) is 7.92. The van der Waals surface area contributed by atoms with E-state index in [0.29, 0.717) is 18.8 Å². The van der Waals surface area contributed by atoms with Crippen molar-refractivity contribution < 1.29 is 9.90 Å². The van der Waals surface area contributed by atoms with Crippen molar-refractivity contribution in [1.29, 1.82) is 0 Å². The van der Waals surface area contributed by atoms with Crippen molar-refractivity contribution in [2.75, 3.05) is 6.54 Å². The zero-order valence-corrected chi connectivity index (χ0v) is 13.5. The number of hydrogen-bond donors (Lipinski definition) is 1. The first-order chi connectivity index (χ1) is 10.9. The van der Waals surface area contributed by atoms with Crippen LogP contribution in [0.4, 0.5) is 0 Å². The molecule has 0 spiro atoms. The first kappa shape index (κ1) is 15.7. The molecule has 1 atom stereocenters. The predicted molar refractivity (Wildman–Crippen MR) is 85.9 cm³/mol. The lowest BCUT2D eigenvalue weighted by atomic mass is 9.96. The molecule has 0 radical (unpaired) electrons. The highest BCUT2D eigenvalue weighted by Gasteiger charge is 2.39. The van der Waals surface area contributed by atoms with Gasteiger partial charge in [0.15, 0.2) is 5.69 Å². The number of carbonyl (C=O) groups excluding carboxylic acids is 1. The molecule has 1 unspecified atom stereocenters. The van der Waals surface area contributed by atoms with Crippen LogP contribution in [0.3, 0.4) is 0 Å². The summed E-state index contributed by atoms with van der Waals surface area (Å²) in [4.78, 5) is 14.4. The smallest absolute Gasteiger partial charge is 0.276 e. The van der Waals surface area contributed by atoms with Crippen molar-refractivity contribution in [3.8, 4) is 0 Å². The number of rotatable bonds is 4. The average Bonchev–Trinajstić information content (AvgIpc) is 3.16. The van der Waals surface area contributed by atoms with E-state index in [2.05, 4.69) is 10.3 Å². The van der Waals surface area contributed by atoms with Gasteiger partial charge in [-0.05, 0) is 32.3 Å². The number of amides is 1. The Morgan fingerprint density at radius 3 is 2.78 bits per heavy atom. The lowest BCUT2D eigenvalue weighted by Gasteiger charge is -2.33. The number of aliphatic hydroxyl groups is 1. The van der Waals surface area contributed by atoms with Crippen LogP contribution >= 0.6 is 0 Å². The standard InChI is InChI=1S/C17H22N4O2/c1-17(2,23)15-9-6-10-21(15)16(22)14-12-20(19-18-14)11-13-7-4-3-5-8-13/h3-5,7-8,12,15,23H,6,9-11H2,1-2H3. The third-order valence-corrected chi connectivity index (χ3v) is 4.27. The molecule has 1 aromatic carbocycles. The number of carbonyl (C=O) groups is 1. The van der Waals surface area contributed by atoms with Gasteiger partial charge < -0.3 is 10.0 Å². The molecule has 0 aliphatic carbocycles. The molecule has 0 saturated carbocycles. The minimum atomic E-state index is -0.911. The third kappa shape index (κ3) is 3.42. The molecule has 1 amide bonds. The third-order valence-electron chi connectivity index (χ3n) is 4.27. The fraction of sp³-hybridized carbons (Fsp3) is 0.471. The SMILES string of the molecule is CC(C)(O)C1CCCN1C(=O)c1cn(Cc2ccccc2)nn1. The topological polar surface area (TPSA) is 71.2 Å². The summed E-state index contributed by atoms with van der Waals surface area (Å²) in [5.41, 5.74) is 0.524. The molecule has 3 rings (SSSR count). The largest absolute Gasteiger partial charge is 0.388 e. The molecular weight excluding hydrogens is 292 g/mol. The summed E-state index contributed by atoms with van der Waals surface area (Å²) in [6, 6.07) is 9.74. The zero-order chi connectivity index (χ0) is 16.4. The molecule has 1 aromatic heterocycles. The van der Waals surface area contributed by atoms with Crippen LogP contribution in [-0.4, -0.2) is 49.1 Å². The molecule has 6 heteroatoms. The summed E-state index contributed by atoms with van der Waals surface area (Å²) >= 11 is 0. The Balaban J connectivity index is 1.74. The Morgan fingerprint density at radius 2 is 2.09 bits per heavy atom. The average molecular weight is 314 g/mol. The molecule has 0 bridgehead atoms. The Kier molecular flexibility index (Phi) is 4.17. The van der Waals surface area contributed by atoms with E-state index in [9.17, 15) is 9.90 Å². The quantitative estimate of drug-likeness (QED) is 0.932. The van der Waals surface area contributed by atoms with Gasteiger partial charge in [-0.2, -0.15) is 0 Å². The van der Waals surface area contributed by atoms with Crippen LogP contribution in [-0.2, 0) is 6.54 Å². The zero-order valence-electron chi connectivity index (χ0n) is 13.5. The fourth-order valence-corrected chi connectivity index (χ4v) is 3.14. The first-order valence-corrected chi connectivity index (χ1v) is 7.92. The molecule has 23 heavy (non-hydrogen) atoms. The number of hydrogen-bond acceptors (Lipinski definition) is 4. The summed E-state index contributed by atoms with van der Waals surface area (Å²) in [5, 5.41) is 18.3. The molecule has 2 aromatic rings. The second-order valence-electron chi connectivity index (χ2n) is 6.60. The minimum Gasteiger partial charge on any atom is -0.388 e. The summed E-state index contributed by atoms with van der Waals surface area (Å²) in [5.74, 6) is -0.158. The highest BCUT2D eigenvalue weighted by Crippen LogP contribution is 2.27. The summed E-state index contributed by atoms with van der Waals surface area (Å²) in [7, 11) is 0. The van der Waals surface area contributed by atoms with Crippen molar-refractivity contribution in [2.24, 2.45) is 0 Å². The van der Waals surface area contributed by atoms with Gasteiger partial charge in [0.05, 0.1) is 24.4 Å². The van der Waals surface area contributed by atoms with E-state index in [0.717, 1.165) is 18.4 Å². The van der Waals surface area contributed by atoms with Crippen LogP contribution in [0, 0.1) is 0 Å². The molecule has 6 nitrogen and oxygen atoms in total. The van der Waals surface area contributed by atoms with Crippen molar-refractivity contribution in [1.82, 2.24) is 19.9 Å². The van der Waals surface area contributed by atoms with Gasteiger partial charge in [0.2, 0.25) is 0 Å². The van der Waals surface area contributed by atoms with Crippen LogP contribution in [0.2, 0.25) is 0 Å². The number of likely N-dealkylation sites (tertiary alicyclic amines) is 1. The van der Waals surface area contributed by atoms with Gasteiger partial charge in [-0.3, -0.25) is 4.79 Å². The van der Waals surface area contributed by atoms with Crippen LogP contribution in [0.25, 0.3) is 0 Å². The maximum atomic E-state index is 12.7. The molecule has 1 fully saturated rings. The van der Waals surface area contributed by atoms with Gasteiger partial charge in [0.25, 0.3) is 5.91 Å². The van der Waals surface area contributed by atoms with Crippen molar-refractivity contribution in [2.45, 2.75) is 44.9 Å². The monoisotopic (exact) mass is 314 g/mol. The van der Waals surface area contributed by atoms with Crippen molar-refractivity contribution in [3.05, 3.63) is 47.8 Å². The highest BCUT2D eigenvalue weighted by atomic mass is 16.3. The van der Waals surface area contributed by atoms with Crippen LogP contribution in [0.1, 0.15) is 42.7 Å². The van der Waals surface area contributed by atoms with Crippen molar-refractivity contribution >= 4 is 5.91 Å². The van der Waals surface area contributed by atoms with E-state index in [4.69, 9.17) is 0 Å². The molecule has 1 aliphatic heterocycles. The van der Waals surface area contributed by atoms with E-state index in [1.54, 1.807) is 29.6 Å². The van der Waals surface area contributed by atoms with E-state index < -0.39 is 5.60 Å². The minimum absolute atomic E-state index is 0.158. The summed E-state index contributed by atoms with van der Waals surface area (Å²) in [6.45, 7) is 4.72. The van der Waals surface area contributed by atoms with Crippen LogP contribution < -0.4 is 0 Å². The molecule has 1 saturated heterocycles. The number of nitrogens with zero attached hydrogens (tertiary/aromatic N) is 4. The lowest BCUT2D eigenvalue weighted by Crippen LogP contribution is -2.48. The van der Waals surface area contributed by atoms with Crippen LogP contribution in [0.5, 0.6) is 0 Å². The lowest BCUT2D eigenvalue weighted by molar-refractivity contribution is 0.000113. The second-order valence-corrected chi connectivity index (χ2v) is 6.60. The summed E-state index contributed by atoms with van der Waals surface area (Å²) < 4.78 is 1.66. The number of aromatic nitrogens is 3. The molecule has 122 valence electrons. The molecular formula is C17H22N4O2. The van der Waals surface area contributed by atoms with E-state index >= 15 is 0 Å². The van der Waals surface area contributed by atoms with Gasteiger partial charge in [0.1, 0.15) is 0 Å². The van der Waals surface area contributed by atoms with Gasteiger partial charge in [0, 0.05) is 6.54 Å². The summed E-state index contributed by atoms with van der Waals surface area (Å²) in [6.07, 6.45) is 3.39. The van der Waals surface area contributed by atoms with Gasteiger partial charge in [-0.1, -0.05) is 35.5 Å². The molecule has 1 aliphatic rings. The van der Waals surface area contributed by atoms with Gasteiger partial charge in [-0.15, -0.1) is 5.10 Å². The van der Waals surface area contributed by atoms with E-state index in [1.807, 2.05) is 30.3 Å². The maximum Gasteiger partial charge on any atom is 0.276 e. The Labute approximate surface area is 135 Å².